The van der Waals surface area contributed by atoms with Gasteiger partial charge in [-0.3, -0.25) is 4.79 Å². The highest BCUT2D eigenvalue weighted by molar-refractivity contribution is 5.88. The lowest BCUT2D eigenvalue weighted by molar-refractivity contribution is -0.170. The van der Waals surface area contributed by atoms with Gasteiger partial charge in [-0.1, -0.05) is 65.0 Å². The molecule has 0 bridgehead atoms. The monoisotopic (exact) mass is 642 g/mol. The Labute approximate surface area is 284 Å². The lowest BCUT2D eigenvalue weighted by Crippen LogP contribution is -2.61. The number of carboxylic acid groups (broad SMARTS) is 1. The highest BCUT2D eigenvalue weighted by atomic mass is 16.4. The number of allylic oxidation sites excluding steroid dienone is 3. The Morgan fingerprint density at radius 3 is 2.34 bits per heavy atom. The second-order valence-electron chi connectivity index (χ2n) is 17.7. The van der Waals surface area contributed by atoms with Gasteiger partial charge in [-0.2, -0.15) is 0 Å². The third-order valence-corrected chi connectivity index (χ3v) is 15.5. The van der Waals surface area contributed by atoms with E-state index in [9.17, 15) is 14.7 Å². The molecule has 4 aliphatic carbocycles. The summed E-state index contributed by atoms with van der Waals surface area (Å²) in [4.78, 5) is 24.8. The van der Waals surface area contributed by atoms with Gasteiger partial charge in [0.1, 0.15) is 0 Å². The van der Waals surface area contributed by atoms with Gasteiger partial charge in [0, 0.05) is 6.54 Å². The molecule has 1 saturated heterocycles. The van der Waals surface area contributed by atoms with Gasteiger partial charge in [0.15, 0.2) is 0 Å². The summed E-state index contributed by atoms with van der Waals surface area (Å²) in [7, 11) is 0. The molecule has 3 N–H and O–H groups in total. The molecule has 5 aliphatic rings. The number of amides is 1. The van der Waals surface area contributed by atoms with E-state index in [2.05, 4.69) is 64.8 Å². The summed E-state index contributed by atoms with van der Waals surface area (Å²) in [6.07, 6.45) is 16.8. The van der Waals surface area contributed by atoms with Crippen LogP contribution in [0.5, 0.6) is 0 Å². The van der Waals surface area contributed by atoms with Gasteiger partial charge in [-0.05, 0) is 165 Å². The minimum absolute atomic E-state index is 0.0146. The summed E-state index contributed by atoms with van der Waals surface area (Å²) < 4.78 is 0. The summed E-state index contributed by atoms with van der Waals surface area (Å²) in [6.45, 7) is 21.3. The van der Waals surface area contributed by atoms with Crippen molar-refractivity contribution in [3.05, 3.63) is 53.6 Å². The lowest BCUT2D eigenvalue weighted by atomic mass is 9.38. The van der Waals surface area contributed by atoms with Crippen LogP contribution in [0.1, 0.15) is 135 Å². The molecule has 5 heteroatoms. The van der Waals surface area contributed by atoms with Crippen LogP contribution in [0.4, 0.5) is 0 Å². The first-order chi connectivity index (χ1) is 22.2. The molecule has 258 valence electrons. The molecule has 9 unspecified atom stereocenters. The number of carbonyl (C=O) groups is 2. The van der Waals surface area contributed by atoms with E-state index in [1.807, 2.05) is 12.1 Å². The normalized spacial score (nSPS) is 39.9. The minimum Gasteiger partial charge on any atom is -0.478 e. The molecule has 1 aromatic rings. The van der Waals surface area contributed by atoms with Crippen molar-refractivity contribution in [2.45, 2.75) is 125 Å². The average molecular weight is 643 g/mol. The number of hydrogen-bond acceptors (Lipinski definition) is 3. The molecule has 9 atom stereocenters. The third-order valence-electron chi connectivity index (χ3n) is 15.5. The molecule has 0 aromatic heterocycles. The Morgan fingerprint density at radius 2 is 1.68 bits per heavy atom. The number of benzene rings is 1. The highest BCUT2D eigenvalue weighted by Gasteiger charge is 2.65. The molecule has 5 nitrogen and oxygen atoms in total. The maximum Gasteiger partial charge on any atom is 0.335 e. The van der Waals surface area contributed by atoms with Crippen molar-refractivity contribution < 1.29 is 14.7 Å². The topological polar surface area (TPSA) is 78.4 Å². The number of nitrogens with one attached hydrogen (secondary N) is 2. The van der Waals surface area contributed by atoms with Crippen LogP contribution in [0.15, 0.2) is 42.5 Å². The van der Waals surface area contributed by atoms with Crippen LogP contribution in [0.2, 0.25) is 0 Å². The fourth-order valence-corrected chi connectivity index (χ4v) is 11.9. The number of carbonyl (C=O) groups excluding carboxylic acids is 1. The van der Waals surface area contributed by atoms with Gasteiger partial charge in [-0.25, -0.2) is 4.79 Å². The fourth-order valence-electron chi connectivity index (χ4n) is 11.9. The summed E-state index contributed by atoms with van der Waals surface area (Å²) in [6, 6.07) is 7.55. The number of carboxylic acids is 1. The Hall–Kier alpha value is -2.40. The average Bonchev–Trinajstić information content (AvgIpc) is 3.71. The van der Waals surface area contributed by atoms with E-state index in [4.69, 9.17) is 0 Å². The molecular formula is C42H62N2O3. The summed E-state index contributed by atoms with van der Waals surface area (Å²) in [5.41, 5.74) is 4.93. The Morgan fingerprint density at radius 1 is 0.936 bits per heavy atom. The molecule has 47 heavy (non-hydrogen) atoms. The van der Waals surface area contributed by atoms with Crippen molar-refractivity contribution in [2.75, 3.05) is 13.1 Å². The van der Waals surface area contributed by atoms with Crippen LogP contribution < -0.4 is 10.6 Å². The van der Waals surface area contributed by atoms with Crippen LogP contribution in [0.25, 0.3) is 5.57 Å². The van der Waals surface area contributed by atoms with Gasteiger partial charge in [-0.15, -0.1) is 0 Å². The molecule has 1 amide bonds. The van der Waals surface area contributed by atoms with Crippen molar-refractivity contribution in [1.82, 2.24) is 10.6 Å². The third kappa shape index (κ3) is 5.85. The summed E-state index contributed by atoms with van der Waals surface area (Å²) in [5.74, 6) is 2.33. The Balaban J connectivity index is 1.29. The molecule has 0 spiro atoms. The molecular weight excluding hydrogens is 580 g/mol. The van der Waals surface area contributed by atoms with Crippen LogP contribution in [0, 0.1) is 51.2 Å². The van der Waals surface area contributed by atoms with E-state index in [0.717, 1.165) is 37.9 Å². The van der Waals surface area contributed by atoms with Gasteiger partial charge in [0.25, 0.3) is 0 Å². The number of rotatable bonds is 6. The quantitative estimate of drug-likeness (QED) is 0.270. The van der Waals surface area contributed by atoms with E-state index in [-0.39, 0.29) is 33.6 Å². The van der Waals surface area contributed by atoms with E-state index in [1.165, 1.54) is 68.9 Å². The maximum absolute atomic E-state index is 13.2. The molecule has 3 saturated carbocycles. The smallest absolute Gasteiger partial charge is 0.335 e. The Kier molecular flexibility index (Phi) is 9.39. The van der Waals surface area contributed by atoms with Crippen LogP contribution in [-0.2, 0) is 4.79 Å². The predicted octanol–water partition coefficient (Wildman–Crippen LogP) is 9.29. The molecule has 4 fully saturated rings. The van der Waals surface area contributed by atoms with Crippen molar-refractivity contribution in [3.63, 3.8) is 0 Å². The standard InChI is InChI=1S/C42H62N2O3/c1-27(2)32-20-22-42(26-44-37(45)35-12-9-25-43-35)24-23-41(7)34(36(32)42)18-17-31-10-8-11-33(29-13-15-30(16-14-29)38(46)47)39(4,5)28(3)19-21-40(31,41)6/h11,13-16,28,31-32,34-36,43H,1,8-10,12,17-26H2,2-7H3,(H,44,45)(H,46,47). The van der Waals surface area contributed by atoms with Crippen molar-refractivity contribution in [2.24, 2.45) is 51.2 Å². The van der Waals surface area contributed by atoms with Gasteiger partial charge < -0.3 is 15.7 Å². The van der Waals surface area contributed by atoms with E-state index in [0.29, 0.717) is 35.2 Å². The lowest BCUT2D eigenvalue weighted by Gasteiger charge is -2.66. The number of fused-ring (bicyclic) bond motifs is 5. The highest BCUT2D eigenvalue weighted by Crippen LogP contribution is 2.72. The van der Waals surface area contributed by atoms with Gasteiger partial charge in [0.05, 0.1) is 11.6 Å². The van der Waals surface area contributed by atoms with E-state index < -0.39 is 5.97 Å². The van der Waals surface area contributed by atoms with Crippen molar-refractivity contribution in [1.29, 1.82) is 0 Å². The largest absolute Gasteiger partial charge is 0.478 e. The maximum atomic E-state index is 13.2. The van der Waals surface area contributed by atoms with Crippen molar-refractivity contribution in [3.8, 4) is 0 Å². The van der Waals surface area contributed by atoms with Gasteiger partial charge in [0.2, 0.25) is 5.91 Å². The van der Waals surface area contributed by atoms with Crippen molar-refractivity contribution >= 4 is 17.4 Å². The molecule has 6 rings (SSSR count). The first-order valence-corrected chi connectivity index (χ1v) is 18.9. The molecule has 1 heterocycles. The summed E-state index contributed by atoms with van der Waals surface area (Å²) >= 11 is 0. The second kappa shape index (κ2) is 12.8. The molecule has 1 aliphatic heterocycles. The predicted molar refractivity (Wildman–Crippen MR) is 192 cm³/mol. The number of aromatic carboxylic acids is 1. The van der Waals surface area contributed by atoms with Gasteiger partial charge >= 0.3 is 5.97 Å². The van der Waals surface area contributed by atoms with Crippen LogP contribution in [0.3, 0.4) is 0 Å². The second-order valence-corrected chi connectivity index (χ2v) is 17.7. The number of hydrogen-bond donors (Lipinski definition) is 3. The van der Waals surface area contributed by atoms with E-state index >= 15 is 0 Å². The zero-order chi connectivity index (χ0) is 33.8. The fraction of sp³-hybridized carbons (Fsp3) is 0.714. The molecule has 0 radical (unpaired) electrons. The first-order valence-electron chi connectivity index (χ1n) is 18.9. The first kappa shape index (κ1) is 34.5. The summed E-state index contributed by atoms with van der Waals surface area (Å²) in [5, 5.41) is 16.4. The zero-order valence-electron chi connectivity index (χ0n) is 30.2. The molecule has 1 aromatic carbocycles. The zero-order valence-corrected chi connectivity index (χ0v) is 30.2. The van der Waals surface area contributed by atoms with Crippen LogP contribution in [-0.4, -0.2) is 36.1 Å². The SMILES string of the molecule is C=C(C)C1CCC2(CNC(=O)C3CCCN3)CCC3(C)C(CCC4CCC=C(c5ccc(C(=O)O)cc5)C(C)(C)C(C)CCC43C)C12. The van der Waals surface area contributed by atoms with Crippen LogP contribution >= 0.6 is 0 Å². The Bertz CT molecular complexity index is 1390. The van der Waals surface area contributed by atoms with E-state index in [1.54, 1.807) is 12.1 Å². The minimum atomic E-state index is -0.870.